The third-order valence-electron chi connectivity index (χ3n) is 4.92. The van der Waals surface area contributed by atoms with E-state index in [0.29, 0.717) is 43.9 Å². The zero-order valence-electron chi connectivity index (χ0n) is 16.0. The number of imide groups is 1. The summed E-state index contributed by atoms with van der Waals surface area (Å²) < 4.78 is 0. The first-order valence-corrected chi connectivity index (χ1v) is 9.27. The van der Waals surface area contributed by atoms with Gasteiger partial charge in [-0.1, -0.05) is 13.8 Å². The maximum atomic E-state index is 12.8. The minimum absolute atomic E-state index is 0.156. The van der Waals surface area contributed by atoms with E-state index in [-0.39, 0.29) is 41.5 Å². The SMILES string of the molecule is CC(C)CN1C(=O)c2ccc(C(=O)N3CCN(C(=O)CC#N)CC3)cc2C1=O. The van der Waals surface area contributed by atoms with Crippen molar-refractivity contribution in [2.75, 3.05) is 32.7 Å². The summed E-state index contributed by atoms with van der Waals surface area (Å²) in [5.41, 5.74) is 0.941. The van der Waals surface area contributed by atoms with Gasteiger partial charge in [-0.2, -0.15) is 5.26 Å². The molecule has 8 nitrogen and oxygen atoms in total. The molecule has 2 heterocycles. The van der Waals surface area contributed by atoms with Crippen LogP contribution in [0.1, 0.15) is 51.3 Å². The second-order valence-electron chi connectivity index (χ2n) is 7.38. The standard InChI is InChI=1S/C20H22N4O4/c1-13(2)12-24-19(27)15-4-3-14(11-16(15)20(24)28)18(26)23-9-7-22(8-10-23)17(25)5-6-21/h3-4,11,13H,5,7-10,12H2,1-2H3. The molecule has 1 aromatic rings. The summed E-state index contributed by atoms with van der Waals surface area (Å²) in [6.07, 6.45) is -0.165. The van der Waals surface area contributed by atoms with Crippen LogP contribution in [-0.2, 0) is 4.79 Å². The van der Waals surface area contributed by atoms with Crippen molar-refractivity contribution in [1.29, 1.82) is 5.26 Å². The first-order valence-electron chi connectivity index (χ1n) is 9.27. The highest BCUT2D eigenvalue weighted by atomic mass is 16.2. The van der Waals surface area contributed by atoms with E-state index in [9.17, 15) is 19.2 Å². The number of benzene rings is 1. The van der Waals surface area contributed by atoms with Gasteiger partial charge in [0.2, 0.25) is 5.91 Å². The van der Waals surface area contributed by atoms with Gasteiger partial charge < -0.3 is 9.80 Å². The Hall–Kier alpha value is -3.21. The van der Waals surface area contributed by atoms with Crippen molar-refractivity contribution in [3.05, 3.63) is 34.9 Å². The Kier molecular flexibility index (Phi) is 5.45. The molecular weight excluding hydrogens is 360 g/mol. The largest absolute Gasteiger partial charge is 0.338 e. The van der Waals surface area contributed by atoms with Crippen LogP contribution in [0.4, 0.5) is 0 Å². The van der Waals surface area contributed by atoms with E-state index in [1.807, 2.05) is 19.9 Å². The number of hydrogen-bond acceptors (Lipinski definition) is 5. The smallest absolute Gasteiger partial charge is 0.261 e. The number of nitriles is 1. The third-order valence-corrected chi connectivity index (χ3v) is 4.92. The van der Waals surface area contributed by atoms with Gasteiger partial charge in [0.15, 0.2) is 0 Å². The van der Waals surface area contributed by atoms with Gasteiger partial charge in [0.05, 0.1) is 17.2 Å². The highest BCUT2D eigenvalue weighted by molar-refractivity contribution is 6.22. The molecule has 28 heavy (non-hydrogen) atoms. The molecule has 8 heteroatoms. The lowest BCUT2D eigenvalue weighted by atomic mass is 10.0. The molecule has 0 spiro atoms. The van der Waals surface area contributed by atoms with Gasteiger partial charge in [0.1, 0.15) is 6.42 Å². The number of nitrogens with zero attached hydrogens (tertiary/aromatic N) is 4. The Morgan fingerprint density at radius 1 is 1.04 bits per heavy atom. The Labute approximate surface area is 163 Å². The molecule has 3 rings (SSSR count). The van der Waals surface area contributed by atoms with Gasteiger partial charge in [0.25, 0.3) is 17.7 Å². The molecule has 1 fully saturated rings. The summed E-state index contributed by atoms with van der Waals surface area (Å²) in [5.74, 6) is -1.00. The van der Waals surface area contributed by atoms with Gasteiger partial charge in [0, 0.05) is 38.3 Å². The molecule has 0 bridgehead atoms. The second kappa shape index (κ2) is 7.80. The molecular formula is C20H22N4O4. The molecule has 0 atom stereocenters. The van der Waals surface area contributed by atoms with Crippen LogP contribution in [0, 0.1) is 17.2 Å². The highest BCUT2D eigenvalue weighted by Crippen LogP contribution is 2.25. The van der Waals surface area contributed by atoms with Crippen molar-refractivity contribution in [3.63, 3.8) is 0 Å². The maximum Gasteiger partial charge on any atom is 0.261 e. The molecule has 146 valence electrons. The topological polar surface area (TPSA) is 102 Å². The molecule has 0 N–H and O–H groups in total. The zero-order valence-corrected chi connectivity index (χ0v) is 16.0. The molecule has 0 saturated carbocycles. The van der Waals surface area contributed by atoms with Crippen LogP contribution < -0.4 is 0 Å². The molecule has 1 saturated heterocycles. The Morgan fingerprint density at radius 2 is 1.64 bits per heavy atom. The molecule has 0 unspecified atom stereocenters. The lowest BCUT2D eigenvalue weighted by Crippen LogP contribution is -2.50. The molecule has 1 aromatic carbocycles. The zero-order chi connectivity index (χ0) is 20.4. The summed E-state index contributed by atoms with van der Waals surface area (Å²) in [5, 5.41) is 8.62. The van der Waals surface area contributed by atoms with Crippen molar-refractivity contribution in [2.24, 2.45) is 5.92 Å². The Morgan fingerprint density at radius 3 is 2.25 bits per heavy atom. The van der Waals surface area contributed by atoms with Crippen LogP contribution >= 0.6 is 0 Å². The average Bonchev–Trinajstić information content (AvgIpc) is 2.92. The van der Waals surface area contributed by atoms with Crippen molar-refractivity contribution in [3.8, 4) is 6.07 Å². The van der Waals surface area contributed by atoms with E-state index < -0.39 is 0 Å². The average molecular weight is 382 g/mol. The van der Waals surface area contributed by atoms with E-state index in [4.69, 9.17) is 5.26 Å². The fourth-order valence-electron chi connectivity index (χ4n) is 3.48. The number of carbonyl (C=O) groups is 4. The molecule has 2 aliphatic heterocycles. The van der Waals surface area contributed by atoms with E-state index in [0.717, 1.165) is 0 Å². The number of hydrogen-bond donors (Lipinski definition) is 0. The normalized spacial score (nSPS) is 16.4. The fourth-order valence-corrected chi connectivity index (χ4v) is 3.48. The van der Waals surface area contributed by atoms with Crippen molar-refractivity contribution in [2.45, 2.75) is 20.3 Å². The van der Waals surface area contributed by atoms with Gasteiger partial charge in [-0.3, -0.25) is 24.1 Å². The van der Waals surface area contributed by atoms with Gasteiger partial charge >= 0.3 is 0 Å². The minimum Gasteiger partial charge on any atom is -0.338 e. The predicted octanol–water partition coefficient (Wildman–Crippen LogP) is 1.14. The van der Waals surface area contributed by atoms with Crippen LogP contribution in [0.5, 0.6) is 0 Å². The van der Waals surface area contributed by atoms with E-state index in [1.54, 1.807) is 15.9 Å². The molecule has 2 aliphatic rings. The fraction of sp³-hybridized carbons (Fsp3) is 0.450. The van der Waals surface area contributed by atoms with E-state index in [2.05, 4.69) is 0 Å². The van der Waals surface area contributed by atoms with Gasteiger partial charge in [-0.05, 0) is 24.1 Å². The first kappa shape index (κ1) is 19.5. The number of carbonyl (C=O) groups excluding carboxylic acids is 4. The highest BCUT2D eigenvalue weighted by Gasteiger charge is 2.36. The molecule has 0 aliphatic carbocycles. The summed E-state index contributed by atoms with van der Waals surface area (Å²) in [6, 6.07) is 6.43. The second-order valence-corrected chi connectivity index (χ2v) is 7.38. The van der Waals surface area contributed by atoms with Crippen LogP contribution in [0.3, 0.4) is 0 Å². The number of piperazine rings is 1. The number of rotatable bonds is 4. The van der Waals surface area contributed by atoms with Crippen molar-refractivity contribution >= 4 is 23.6 Å². The summed E-state index contributed by atoms with van der Waals surface area (Å²) >= 11 is 0. The number of amides is 4. The summed E-state index contributed by atoms with van der Waals surface area (Å²) in [6.45, 7) is 5.67. The van der Waals surface area contributed by atoms with Crippen LogP contribution in [0.15, 0.2) is 18.2 Å². The van der Waals surface area contributed by atoms with Crippen LogP contribution in [0.25, 0.3) is 0 Å². The van der Waals surface area contributed by atoms with Crippen molar-refractivity contribution < 1.29 is 19.2 Å². The van der Waals surface area contributed by atoms with Crippen LogP contribution in [0.2, 0.25) is 0 Å². The molecule has 0 radical (unpaired) electrons. The van der Waals surface area contributed by atoms with Gasteiger partial charge in [-0.15, -0.1) is 0 Å². The van der Waals surface area contributed by atoms with E-state index in [1.165, 1.54) is 17.0 Å². The van der Waals surface area contributed by atoms with Crippen molar-refractivity contribution in [1.82, 2.24) is 14.7 Å². The van der Waals surface area contributed by atoms with E-state index >= 15 is 0 Å². The monoisotopic (exact) mass is 382 g/mol. The lowest BCUT2D eigenvalue weighted by molar-refractivity contribution is -0.131. The van der Waals surface area contributed by atoms with Crippen LogP contribution in [-0.4, -0.2) is 71.1 Å². The lowest BCUT2D eigenvalue weighted by Gasteiger charge is -2.34. The first-order chi connectivity index (χ1) is 13.3. The predicted molar refractivity (Wildman–Crippen MR) is 99.4 cm³/mol. The Balaban J connectivity index is 1.72. The third kappa shape index (κ3) is 3.60. The number of fused-ring (bicyclic) bond motifs is 1. The maximum absolute atomic E-state index is 12.8. The quantitative estimate of drug-likeness (QED) is 0.727. The summed E-state index contributed by atoms with van der Waals surface area (Å²) in [4.78, 5) is 54.0. The molecule has 0 aromatic heterocycles. The molecule has 4 amide bonds. The Bertz CT molecular complexity index is 879. The summed E-state index contributed by atoms with van der Waals surface area (Å²) in [7, 11) is 0. The minimum atomic E-state index is -0.365. The van der Waals surface area contributed by atoms with Gasteiger partial charge in [-0.25, -0.2) is 0 Å².